The molecule has 3 heteroatoms. The number of anilines is 1. The molecule has 0 radical (unpaired) electrons. The van der Waals surface area contributed by atoms with Gasteiger partial charge in [-0.05, 0) is 18.9 Å². The average molecular weight is 164 g/mol. The van der Waals surface area contributed by atoms with Crippen LogP contribution >= 0.6 is 0 Å². The fourth-order valence-electron chi connectivity index (χ4n) is 0.932. The summed E-state index contributed by atoms with van der Waals surface area (Å²) in [6.07, 6.45) is 1.37. The van der Waals surface area contributed by atoms with Gasteiger partial charge in [0.1, 0.15) is 0 Å². The molecule has 0 aliphatic rings. The van der Waals surface area contributed by atoms with Crippen LogP contribution in [0.4, 0.5) is 15.8 Å². The number of nitrogens with zero attached hydrogens (tertiary/aromatic N) is 1. The zero-order valence-corrected chi connectivity index (χ0v) is 6.55. The van der Waals surface area contributed by atoms with E-state index in [0.29, 0.717) is 11.3 Å². The maximum atomic E-state index is 13.2. The summed E-state index contributed by atoms with van der Waals surface area (Å²) in [4.78, 5) is 3.63. The van der Waals surface area contributed by atoms with Crippen molar-refractivity contribution >= 4 is 24.2 Å². The van der Waals surface area contributed by atoms with Crippen LogP contribution in [0.3, 0.4) is 0 Å². The molecule has 0 saturated heterocycles. The standard InChI is InChI=1S/C9H9FN2/c1-3-6-8(12-2)5-4-7(11)9(6)10/h3-5H,1-2,11H2. The van der Waals surface area contributed by atoms with E-state index in [0.717, 1.165) is 0 Å². The molecular weight excluding hydrogens is 155 g/mol. The highest BCUT2D eigenvalue weighted by molar-refractivity contribution is 5.69. The molecule has 0 bridgehead atoms. The lowest BCUT2D eigenvalue weighted by Crippen LogP contribution is -1.92. The number of hydrogen-bond acceptors (Lipinski definition) is 2. The number of hydrogen-bond donors (Lipinski definition) is 1. The first kappa shape index (κ1) is 8.46. The summed E-state index contributed by atoms with van der Waals surface area (Å²) in [5.41, 5.74) is 6.18. The second-order valence-electron chi connectivity index (χ2n) is 2.26. The van der Waals surface area contributed by atoms with E-state index in [1.54, 1.807) is 6.07 Å². The Hall–Kier alpha value is -1.64. The summed E-state index contributed by atoms with van der Waals surface area (Å²) >= 11 is 0. The minimum Gasteiger partial charge on any atom is -0.396 e. The van der Waals surface area contributed by atoms with Crippen LogP contribution in [0.15, 0.2) is 23.7 Å². The van der Waals surface area contributed by atoms with E-state index in [-0.39, 0.29) is 5.69 Å². The lowest BCUT2D eigenvalue weighted by atomic mass is 10.1. The zero-order chi connectivity index (χ0) is 9.14. The number of nitrogen functional groups attached to an aromatic ring is 1. The Kier molecular flexibility index (Phi) is 2.24. The van der Waals surface area contributed by atoms with E-state index in [1.807, 2.05) is 0 Å². The van der Waals surface area contributed by atoms with E-state index < -0.39 is 5.82 Å². The quantitative estimate of drug-likeness (QED) is 0.529. The Balaban J connectivity index is 3.45. The van der Waals surface area contributed by atoms with Crippen molar-refractivity contribution in [1.82, 2.24) is 0 Å². The van der Waals surface area contributed by atoms with E-state index in [2.05, 4.69) is 18.3 Å². The van der Waals surface area contributed by atoms with Crippen LogP contribution in [0, 0.1) is 5.82 Å². The number of rotatable bonds is 2. The highest BCUT2D eigenvalue weighted by Gasteiger charge is 2.06. The monoisotopic (exact) mass is 164 g/mol. The first-order chi connectivity index (χ1) is 5.70. The lowest BCUT2D eigenvalue weighted by Gasteiger charge is -2.03. The van der Waals surface area contributed by atoms with Crippen LogP contribution in [0.1, 0.15) is 5.56 Å². The predicted octanol–water partition coefficient (Wildman–Crippen LogP) is 2.38. The molecule has 0 amide bonds. The second-order valence-corrected chi connectivity index (χ2v) is 2.26. The molecule has 0 unspecified atom stereocenters. The molecule has 0 saturated carbocycles. The topological polar surface area (TPSA) is 38.4 Å². The SMILES string of the molecule is C=Cc1c(N=C)ccc(N)c1F. The molecule has 0 fully saturated rings. The number of halogens is 1. The minimum absolute atomic E-state index is 0.0947. The smallest absolute Gasteiger partial charge is 0.155 e. The molecule has 62 valence electrons. The molecule has 2 N–H and O–H groups in total. The van der Waals surface area contributed by atoms with Crippen LogP contribution in [0.2, 0.25) is 0 Å². The van der Waals surface area contributed by atoms with Crippen molar-refractivity contribution in [3.8, 4) is 0 Å². The molecule has 0 aliphatic carbocycles. The Morgan fingerprint density at radius 1 is 1.50 bits per heavy atom. The molecule has 12 heavy (non-hydrogen) atoms. The zero-order valence-electron chi connectivity index (χ0n) is 6.55. The molecule has 0 atom stereocenters. The van der Waals surface area contributed by atoms with Gasteiger partial charge in [-0.15, -0.1) is 0 Å². The van der Waals surface area contributed by atoms with Gasteiger partial charge in [0.2, 0.25) is 0 Å². The Labute approximate surface area is 70.2 Å². The third kappa shape index (κ3) is 1.21. The molecule has 0 spiro atoms. The van der Waals surface area contributed by atoms with Gasteiger partial charge in [-0.25, -0.2) is 4.39 Å². The molecular formula is C9H9FN2. The van der Waals surface area contributed by atoms with Crippen molar-refractivity contribution in [2.75, 3.05) is 5.73 Å². The molecule has 2 nitrogen and oxygen atoms in total. The largest absolute Gasteiger partial charge is 0.396 e. The van der Waals surface area contributed by atoms with Gasteiger partial charge in [-0.3, -0.25) is 4.99 Å². The molecule has 1 rings (SSSR count). The minimum atomic E-state index is -0.491. The van der Waals surface area contributed by atoms with Gasteiger partial charge in [-0.2, -0.15) is 0 Å². The highest BCUT2D eigenvalue weighted by atomic mass is 19.1. The first-order valence-electron chi connectivity index (χ1n) is 3.38. The second kappa shape index (κ2) is 3.17. The molecule has 0 heterocycles. The number of aliphatic imine (C=N–C) groups is 1. The van der Waals surface area contributed by atoms with Crippen molar-refractivity contribution < 1.29 is 4.39 Å². The molecule has 1 aromatic rings. The summed E-state index contributed by atoms with van der Waals surface area (Å²) in [6, 6.07) is 3.05. The van der Waals surface area contributed by atoms with Crippen LogP contribution in [0.5, 0.6) is 0 Å². The van der Waals surface area contributed by atoms with E-state index in [4.69, 9.17) is 5.73 Å². The van der Waals surface area contributed by atoms with Crippen LogP contribution in [-0.4, -0.2) is 6.72 Å². The van der Waals surface area contributed by atoms with Gasteiger partial charge < -0.3 is 5.73 Å². The van der Waals surface area contributed by atoms with Gasteiger partial charge in [0.05, 0.1) is 11.4 Å². The van der Waals surface area contributed by atoms with Crippen LogP contribution in [-0.2, 0) is 0 Å². The Bertz CT molecular complexity index is 332. The van der Waals surface area contributed by atoms with Gasteiger partial charge in [0.25, 0.3) is 0 Å². The summed E-state index contributed by atoms with van der Waals surface area (Å²) in [5.74, 6) is -0.491. The summed E-state index contributed by atoms with van der Waals surface area (Å²) in [7, 11) is 0. The lowest BCUT2D eigenvalue weighted by molar-refractivity contribution is 0.630. The van der Waals surface area contributed by atoms with Crippen molar-refractivity contribution in [3.63, 3.8) is 0 Å². The molecule has 0 aromatic heterocycles. The fourth-order valence-corrected chi connectivity index (χ4v) is 0.932. The van der Waals surface area contributed by atoms with E-state index >= 15 is 0 Å². The van der Waals surface area contributed by atoms with E-state index in [1.165, 1.54) is 12.1 Å². The first-order valence-corrected chi connectivity index (χ1v) is 3.38. The molecule has 1 aromatic carbocycles. The van der Waals surface area contributed by atoms with Crippen LogP contribution in [0.25, 0.3) is 6.08 Å². The normalized spacial score (nSPS) is 9.42. The van der Waals surface area contributed by atoms with Crippen molar-refractivity contribution in [2.45, 2.75) is 0 Å². The van der Waals surface area contributed by atoms with Gasteiger partial charge >= 0.3 is 0 Å². The fraction of sp³-hybridized carbons (Fsp3) is 0. The third-order valence-electron chi connectivity index (χ3n) is 1.56. The Morgan fingerprint density at radius 3 is 2.67 bits per heavy atom. The Morgan fingerprint density at radius 2 is 2.17 bits per heavy atom. The number of benzene rings is 1. The maximum absolute atomic E-state index is 13.2. The van der Waals surface area contributed by atoms with Crippen molar-refractivity contribution in [3.05, 3.63) is 30.1 Å². The van der Waals surface area contributed by atoms with Crippen molar-refractivity contribution in [1.29, 1.82) is 0 Å². The average Bonchev–Trinajstić information content (AvgIpc) is 2.09. The van der Waals surface area contributed by atoms with Gasteiger partial charge in [-0.1, -0.05) is 12.7 Å². The summed E-state index contributed by atoms with van der Waals surface area (Å²) < 4.78 is 13.2. The predicted molar refractivity (Wildman–Crippen MR) is 50.1 cm³/mol. The summed E-state index contributed by atoms with van der Waals surface area (Å²) in [6.45, 7) is 6.76. The van der Waals surface area contributed by atoms with E-state index in [9.17, 15) is 4.39 Å². The third-order valence-corrected chi connectivity index (χ3v) is 1.56. The van der Waals surface area contributed by atoms with Gasteiger partial charge in [0, 0.05) is 5.56 Å². The number of nitrogens with two attached hydrogens (primary N) is 1. The highest BCUT2D eigenvalue weighted by Crippen LogP contribution is 2.26. The molecule has 0 aliphatic heterocycles. The summed E-state index contributed by atoms with van der Waals surface area (Å²) in [5, 5.41) is 0. The maximum Gasteiger partial charge on any atom is 0.155 e. The van der Waals surface area contributed by atoms with Crippen molar-refractivity contribution in [2.24, 2.45) is 4.99 Å². The van der Waals surface area contributed by atoms with Gasteiger partial charge in [0.15, 0.2) is 5.82 Å². The van der Waals surface area contributed by atoms with Crippen LogP contribution < -0.4 is 5.73 Å².